The highest BCUT2D eigenvalue weighted by Gasteiger charge is 2.19. The average Bonchev–Trinajstić information content (AvgIpc) is 2.68. The Hall–Kier alpha value is -3.54. The van der Waals surface area contributed by atoms with Crippen LogP contribution >= 0.6 is 0 Å². The van der Waals surface area contributed by atoms with Gasteiger partial charge in [-0.3, -0.25) is 9.78 Å². The molecule has 1 N–H and O–H groups in total. The van der Waals surface area contributed by atoms with Gasteiger partial charge in [0, 0.05) is 6.20 Å². The maximum Gasteiger partial charge on any atom is 0.339 e. The molecule has 0 bridgehead atoms. The standard InChI is InChI=1S/C21H17FN2O3/c1-13-10-19(24-20(25)15-8-9-23-12-18(15)22)17(21(26)27-2)11-16(13)14-6-4-3-5-7-14/h3-12H,1-2H3,(H,24,25). The van der Waals surface area contributed by atoms with Gasteiger partial charge >= 0.3 is 5.97 Å². The van der Waals surface area contributed by atoms with Gasteiger partial charge in [-0.05, 0) is 41.8 Å². The zero-order chi connectivity index (χ0) is 19.4. The molecular formula is C21H17FN2O3. The lowest BCUT2D eigenvalue weighted by Gasteiger charge is -2.15. The topological polar surface area (TPSA) is 68.3 Å². The number of carbonyl (C=O) groups excluding carboxylic acids is 2. The quantitative estimate of drug-likeness (QED) is 0.703. The van der Waals surface area contributed by atoms with E-state index in [9.17, 15) is 14.0 Å². The Morgan fingerprint density at radius 1 is 1.07 bits per heavy atom. The van der Waals surface area contributed by atoms with E-state index in [0.717, 1.165) is 22.9 Å². The van der Waals surface area contributed by atoms with Crippen LogP contribution in [0.3, 0.4) is 0 Å². The summed E-state index contributed by atoms with van der Waals surface area (Å²) < 4.78 is 18.7. The summed E-state index contributed by atoms with van der Waals surface area (Å²) in [5, 5.41) is 2.59. The van der Waals surface area contributed by atoms with Gasteiger partial charge in [0.1, 0.15) is 0 Å². The highest BCUT2D eigenvalue weighted by atomic mass is 19.1. The van der Waals surface area contributed by atoms with Crippen LogP contribution in [-0.4, -0.2) is 24.0 Å². The monoisotopic (exact) mass is 364 g/mol. The maximum absolute atomic E-state index is 13.8. The van der Waals surface area contributed by atoms with Crippen molar-refractivity contribution in [2.45, 2.75) is 6.92 Å². The lowest BCUT2D eigenvalue weighted by molar-refractivity contribution is 0.0602. The fourth-order valence-electron chi connectivity index (χ4n) is 2.77. The molecule has 3 rings (SSSR count). The van der Waals surface area contributed by atoms with Gasteiger partial charge in [0.15, 0.2) is 5.82 Å². The van der Waals surface area contributed by atoms with Gasteiger partial charge in [0.25, 0.3) is 5.91 Å². The van der Waals surface area contributed by atoms with Gasteiger partial charge in [-0.15, -0.1) is 0 Å². The molecule has 3 aromatic rings. The number of nitrogens with zero attached hydrogens (tertiary/aromatic N) is 1. The molecule has 5 nitrogen and oxygen atoms in total. The summed E-state index contributed by atoms with van der Waals surface area (Å²) in [6, 6.07) is 14.1. The van der Waals surface area contributed by atoms with E-state index in [1.165, 1.54) is 19.4 Å². The smallest absolute Gasteiger partial charge is 0.339 e. The molecule has 2 aromatic carbocycles. The molecule has 0 atom stereocenters. The minimum absolute atomic E-state index is 0.161. The lowest BCUT2D eigenvalue weighted by atomic mass is 9.96. The Bertz CT molecular complexity index is 1000. The van der Waals surface area contributed by atoms with Gasteiger partial charge in [0.2, 0.25) is 0 Å². The second-order valence-corrected chi connectivity index (χ2v) is 5.88. The molecule has 0 saturated carbocycles. The number of nitrogens with one attached hydrogen (secondary N) is 1. The summed E-state index contributed by atoms with van der Waals surface area (Å²) in [4.78, 5) is 28.3. The van der Waals surface area contributed by atoms with Crippen molar-refractivity contribution in [2.24, 2.45) is 0 Å². The number of aryl methyl sites for hydroxylation is 1. The first-order valence-electron chi connectivity index (χ1n) is 8.20. The molecule has 0 radical (unpaired) electrons. The van der Waals surface area contributed by atoms with Crippen molar-refractivity contribution < 1.29 is 18.7 Å². The molecule has 27 heavy (non-hydrogen) atoms. The van der Waals surface area contributed by atoms with Crippen molar-refractivity contribution >= 4 is 17.6 Å². The van der Waals surface area contributed by atoms with Gasteiger partial charge in [-0.1, -0.05) is 30.3 Å². The predicted octanol–water partition coefficient (Wildman–Crippen LogP) is 4.24. The number of aromatic nitrogens is 1. The van der Waals surface area contributed by atoms with E-state index >= 15 is 0 Å². The third kappa shape index (κ3) is 3.84. The number of esters is 1. The summed E-state index contributed by atoms with van der Waals surface area (Å²) in [6.45, 7) is 1.87. The van der Waals surface area contributed by atoms with Crippen LogP contribution in [0.25, 0.3) is 11.1 Å². The van der Waals surface area contributed by atoms with Crippen LogP contribution in [0.1, 0.15) is 26.3 Å². The summed E-state index contributed by atoms with van der Waals surface area (Å²) in [7, 11) is 1.26. The van der Waals surface area contributed by atoms with E-state index in [1.54, 1.807) is 12.1 Å². The largest absolute Gasteiger partial charge is 0.465 e. The zero-order valence-corrected chi connectivity index (χ0v) is 14.8. The van der Waals surface area contributed by atoms with Gasteiger partial charge in [-0.25, -0.2) is 9.18 Å². The number of carbonyl (C=O) groups is 2. The van der Waals surface area contributed by atoms with Gasteiger partial charge in [-0.2, -0.15) is 0 Å². The summed E-state index contributed by atoms with van der Waals surface area (Å²) in [6.07, 6.45) is 2.28. The van der Waals surface area contributed by atoms with Crippen molar-refractivity contribution in [1.29, 1.82) is 0 Å². The number of methoxy groups -OCH3 is 1. The number of hydrogen-bond acceptors (Lipinski definition) is 4. The Morgan fingerprint density at radius 2 is 1.81 bits per heavy atom. The summed E-state index contributed by atoms with van der Waals surface area (Å²) >= 11 is 0. The van der Waals surface area contributed by atoms with E-state index in [-0.39, 0.29) is 16.8 Å². The Kier molecular flexibility index (Phi) is 5.26. The highest BCUT2D eigenvalue weighted by Crippen LogP contribution is 2.30. The molecule has 1 amide bonds. The second-order valence-electron chi connectivity index (χ2n) is 5.88. The molecule has 136 valence electrons. The van der Waals surface area contributed by atoms with Crippen LogP contribution in [-0.2, 0) is 4.74 Å². The summed E-state index contributed by atoms with van der Waals surface area (Å²) in [5.74, 6) is -2.02. The SMILES string of the molecule is COC(=O)c1cc(-c2ccccc2)c(C)cc1NC(=O)c1ccncc1F. The third-order valence-electron chi connectivity index (χ3n) is 4.12. The Balaban J connectivity index is 2.04. The fraction of sp³-hybridized carbons (Fsp3) is 0.0952. The molecule has 0 aliphatic rings. The highest BCUT2D eigenvalue weighted by molar-refractivity contribution is 6.08. The number of pyridine rings is 1. The predicted molar refractivity (Wildman–Crippen MR) is 100 cm³/mol. The Morgan fingerprint density at radius 3 is 2.48 bits per heavy atom. The number of hydrogen-bond donors (Lipinski definition) is 1. The van der Waals surface area contributed by atoms with Crippen LogP contribution in [0.5, 0.6) is 0 Å². The van der Waals surface area contributed by atoms with Crippen LogP contribution in [0.2, 0.25) is 0 Å². The number of ether oxygens (including phenoxy) is 1. The van der Waals surface area contributed by atoms with Crippen molar-refractivity contribution in [3.05, 3.63) is 83.4 Å². The average molecular weight is 364 g/mol. The fourth-order valence-corrected chi connectivity index (χ4v) is 2.77. The lowest BCUT2D eigenvalue weighted by Crippen LogP contribution is -2.17. The molecule has 1 heterocycles. The number of halogens is 1. The van der Waals surface area contributed by atoms with Crippen molar-refractivity contribution in [3.63, 3.8) is 0 Å². The zero-order valence-electron chi connectivity index (χ0n) is 14.8. The molecule has 1 aromatic heterocycles. The molecular weight excluding hydrogens is 347 g/mol. The molecule has 0 fully saturated rings. The van der Waals surface area contributed by atoms with Gasteiger partial charge < -0.3 is 10.1 Å². The molecule has 0 spiro atoms. The minimum Gasteiger partial charge on any atom is -0.465 e. The maximum atomic E-state index is 13.8. The first-order chi connectivity index (χ1) is 13.0. The minimum atomic E-state index is -0.743. The number of amides is 1. The first kappa shape index (κ1) is 18.3. The van der Waals surface area contributed by atoms with Crippen molar-refractivity contribution in [1.82, 2.24) is 4.98 Å². The van der Waals surface area contributed by atoms with Crippen LogP contribution in [0.4, 0.5) is 10.1 Å². The van der Waals surface area contributed by atoms with Crippen LogP contribution in [0, 0.1) is 12.7 Å². The van der Waals surface area contributed by atoms with Crippen molar-refractivity contribution in [3.8, 4) is 11.1 Å². The van der Waals surface area contributed by atoms with E-state index < -0.39 is 17.7 Å². The number of benzene rings is 2. The second kappa shape index (κ2) is 7.78. The van der Waals surface area contributed by atoms with Crippen LogP contribution < -0.4 is 5.32 Å². The van der Waals surface area contributed by atoms with Crippen LogP contribution in [0.15, 0.2) is 60.9 Å². The van der Waals surface area contributed by atoms with Crippen molar-refractivity contribution in [2.75, 3.05) is 12.4 Å². The number of anilines is 1. The van der Waals surface area contributed by atoms with E-state index in [1.807, 2.05) is 37.3 Å². The molecule has 0 aliphatic heterocycles. The number of rotatable bonds is 4. The molecule has 0 unspecified atom stereocenters. The van der Waals surface area contributed by atoms with E-state index in [2.05, 4.69) is 10.3 Å². The van der Waals surface area contributed by atoms with E-state index in [4.69, 9.17) is 4.74 Å². The molecule has 6 heteroatoms. The third-order valence-corrected chi connectivity index (χ3v) is 4.12. The molecule has 0 saturated heterocycles. The van der Waals surface area contributed by atoms with Gasteiger partial charge in [0.05, 0.1) is 30.1 Å². The summed E-state index contributed by atoms with van der Waals surface area (Å²) in [5.41, 5.74) is 2.89. The van der Waals surface area contributed by atoms with E-state index in [0.29, 0.717) is 0 Å². The first-order valence-corrected chi connectivity index (χ1v) is 8.20. The Labute approximate surface area is 155 Å². The normalized spacial score (nSPS) is 10.3. The molecule has 0 aliphatic carbocycles.